The van der Waals surface area contributed by atoms with Crippen molar-refractivity contribution in [2.24, 2.45) is 10.2 Å². The van der Waals surface area contributed by atoms with Crippen LogP contribution in [0.5, 0.6) is 5.88 Å². The highest BCUT2D eigenvalue weighted by Gasteiger charge is 2.15. The summed E-state index contributed by atoms with van der Waals surface area (Å²) in [7, 11) is 0. The van der Waals surface area contributed by atoms with Crippen molar-refractivity contribution in [1.29, 1.82) is 0 Å². The maximum absolute atomic E-state index is 12.5. The number of H-pyrrole nitrogens is 1. The second-order valence-electron chi connectivity index (χ2n) is 4.65. The fourth-order valence-corrected chi connectivity index (χ4v) is 2.33. The van der Waals surface area contributed by atoms with E-state index in [0.29, 0.717) is 18.1 Å². The number of aryl methyl sites for hydroxylation is 1. The number of hydrogen-bond donors (Lipinski definition) is 1. The third-order valence-electron chi connectivity index (χ3n) is 2.90. The van der Waals surface area contributed by atoms with Crippen LogP contribution in [0.4, 0.5) is 10.8 Å². The number of rotatable bonds is 7. The van der Waals surface area contributed by atoms with E-state index in [1.165, 1.54) is 11.3 Å². The van der Waals surface area contributed by atoms with E-state index in [1.54, 1.807) is 13.8 Å². The largest absolute Gasteiger partial charge is 0.477 e. The minimum absolute atomic E-state index is 0.0141. The first-order valence-corrected chi connectivity index (χ1v) is 8.10. The Morgan fingerprint density at radius 2 is 2.04 bits per heavy atom. The molecule has 2 aromatic heterocycles. The number of hydrogen-bond acceptors (Lipinski definition) is 8. The first-order valence-electron chi connectivity index (χ1n) is 7.28. The molecule has 2 rings (SSSR count). The summed E-state index contributed by atoms with van der Waals surface area (Å²) in [6, 6.07) is 0. The van der Waals surface area contributed by atoms with Gasteiger partial charge in [0.25, 0.3) is 10.7 Å². The lowest BCUT2D eigenvalue weighted by Crippen LogP contribution is -2.35. The third-order valence-corrected chi connectivity index (χ3v) is 3.63. The highest BCUT2D eigenvalue weighted by Crippen LogP contribution is 2.24. The molecule has 1 N–H and O–H groups in total. The van der Waals surface area contributed by atoms with Crippen LogP contribution in [-0.4, -0.2) is 26.4 Å². The number of aromatic nitrogens is 4. The highest BCUT2D eigenvalue weighted by molar-refractivity contribution is 7.14. The van der Waals surface area contributed by atoms with Gasteiger partial charge in [-0.05, 0) is 20.3 Å². The van der Waals surface area contributed by atoms with E-state index in [2.05, 4.69) is 25.4 Å². The van der Waals surface area contributed by atoms with Crippen LogP contribution < -0.4 is 16.0 Å². The summed E-state index contributed by atoms with van der Waals surface area (Å²) in [4.78, 5) is 27.0. The lowest BCUT2D eigenvalue weighted by Gasteiger charge is -2.08. The van der Waals surface area contributed by atoms with Gasteiger partial charge >= 0.3 is 5.69 Å². The van der Waals surface area contributed by atoms with Crippen LogP contribution in [-0.2, 0) is 6.54 Å². The minimum Gasteiger partial charge on any atom is -0.477 e. The molecule has 0 unspecified atom stereocenters. The molecular formula is C13H18N6O3S. The summed E-state index contributed by atoms with van der Waals surface area (Å²) in [5.41, 5.74) is -1.09. The topological polar surface area (TPSA) is 115 Å². The van der Waals surface area contributed by atoms with E-state index in [-0.39, 0.29) is 18.2 Å². The third kappa shape index (κ3) is 4.09. The molecule has 0 atom stereocenters. The second kappa shape index (κ2) is 7.77. The van der Waals surface area contributed by atoms with Crippen molar-refractivity contribution >= 4 is 22.2 Å². The average molecular weight is 338 g/mol. The molecule has 23 heavy (non-hydrogen) atoms. The lowest BCUT2D eigenvalue weighted by atomic mass is 10.3. The standard InChI is InChI=1S/C13H18N6O3S/c1-4-6-7-19-11(20)9(10(22-5-2)14-13(19)21)16-18-12-17-15-8(3)23-12/h4-7H2,1-3H3,(H,14,21). The Morgan fingerprint density at radius 3 is 2.65 bits per heavy atom. The molecule has 10 heteroatoms. The summed E-state index contributed by atoms with van der Waals surface area (Å²) in [6.07, 6.45) is 1.57. The number of azo groups is 1. The SMILES string of the molecule is CCCCn1c(=O)[nH]c(OCC)c(N=Nc2nnc(C)s2)c1=O. The van der Waals surface area contributed by atoms with E-state index >= 15 is 0 Å². The molecule has 124 valence electrons. The zero-order valence-corrected chi connectivity index (χ0v) is 14.0. The Kier molecular flexibility index (Phi) is 5.74. The van der Waals surface area contributed by atoms with E-state index in [0.717, 1.165) is 16.0 Å². The van der Waals surface area contributed by atoms with Crippen LogP contribution in [0.3, 0.4) is 0 Å². The number of unbranched alkanes of at least 4 members (excludes halogenated alkanes) is 1. The van der Waals surface area contributed by atoms with Gasteiger partial charge in [0.1, 0.15) is 5.01 Å². The molecule has 0 saturated heterocycles. The van der Waals surface area contributed by atoms with Crippen LogP contribution in [0.1, 0.15) is 31.7 Å². The van der Waals surface area contributed by atoms with Gasteiger partial charge in [-0.3, -0.25) is 14.3 Å². The van der Waals surface area contributed by atoms with Crippen molar-refractivity contribution in [2.75, 3.05) is 6.61 Å². The smallest absolute Gasteiger partial charge is 0.331 e. The molecule has 0 saturated carbocycles. The molecular weight excluding hydrogens is 320 g/mol. The first-order chi connectivity index (χ1) is 11.1. The Bertz CT molecular complexity index is 807. The molecule has 0 amide bonds. The molecule has 0 bridgehead atoms. The molecule has 0 radical (unpaired) electrons. The monoisotopic (exact) mass is 338 g/mol. The second-order valence-corrected chi connectivity index (χ2v) is 5.81. The van der Waals surface area contributed by atoms with Crippen LogP contribution in [0.2, 0.25) is 0 Å². The van der Waals surface area contributed by atoms with Gasteiger partial charge in [-0.15, -0.1) is 20.4 Å². The van der Waals surface area contributed by atoms with Gasteiger partial charge in [0.15, 0.2) is 0 Å². The van der Waals surface area contributed by atoms with Crippen molar-refractivity contribution in [3.8, 4) is 5.88 Å². The predicted molar refractivity (Wildman–Crippen MR) is 86.2 cm³/mol. The van der Waals surface area contributed by atoms with Crippen molar-refractivity contribution in [3.05, 3.63) is 25.8 Å². The lowest BCUT2D eigenvalue weighted by molar-refractivity contribution is 0.323. The molecule has 0 fully saturated rings. The summed E-state index contributed by atoms with van der Waals surface area (Å²) >= 11 is 1.25. The summed E-state index contributed by atoms with van der Waals surface area (Å²) in [5.74, 6) is 0.0141. The van der Waals surface area contributed by atoms with Crippen molar-refractivity contribution in [3.63, 3.8) is 0 Å². The highest BCUT2D eigenvalue weighted by atomic mass is 32.1. The van der Waals surface area contributed by atoms with Gasteiger partial charge in [-0.25, -0.2) is 4.79 Å². The van der Waals surface area contributed by atoms with Crippen molar-refractivity contribution in [2.45, 2.75) is 40.2 Å². The fraction of sp³-hybridized carbons (Fsp3) is 0.538. The van der Waals surface area contributed by atoms with Gasteiger partial charge < -0.3 is 4.74 Å². The van der Waals surface area contributed by atoms with Crippen LogP contribution in [0, 0.1) is 6.92 Å². The maximum Gasteiger partial charge on any atom is 0.331 e. The van der Waals surface area contributed by atoms with Crippen molar-refractivity contribution < 1.29 is 4.74 Å². The van der Waals surface area contributed by atoms with E-state index in [1.807, 2.05) is 6.92 Å². The number of nitrogens with zero attached hydrogens (tertiary/aromatic N) is 5. The summed E-state index contributed by atoms with van der Waals surface area (Å²) < 4.78 is 6.40. The fourth-order valence-electron chi connectivity index (χ4n) is 1.82. The van der Waals surface area contributed by atoms with E-state index in [4.69, 9.17) is 4.74 Å². The average Bonchev–Trinajstić information content (AvgIpc) is 2.92. The van der Waals surface area contributed by atoms with Crippen LogP contribution >= 0.6 is 11.3 Å². The zero-order chi connectivity index (χ0) is 16.8. The molecule has 0 aliphatic carbocycles. The maximum atomic E-state index is 12.5. The molecule has 2 heterocycles. The number of ether oxygens (including phenoxy) is 1. The normalized spacial score (nSPS) is 11.3. The molecule has 0 aliphatic rings. The van der Waals surface area contributed by atoms with Crippen molar-refractivity contribution in [1.82, 2.24) is 19.7 Å². The molecule has 2 aromatic rings. The summed E-state index contributed by atoms with van der Waals surface area (Å²) in [5, 5.41) is 16.5. The predicted octanol–water partition coefficient (Wildman–Crippen LogP) is 2.31. The van der Waals surface area contributed by atoms with Gasteiger partial charge in [0.2, 0.25) is 11.6 Å². The first kappa shape index (κ1) is 17.0. The van der Waals surface area contributed by atoms with Crippen LogP contribution in [0.25, 0.3) is 0 Å². The molecule has 0 spiro atoms. The number of aromatic amines is 1. The number of nitrogens with one attached hydrogen (secondary N) is 1. The minimum atomic E-state index is -0.532. The van der Waals surface area contributed by atoms with E-state index < -0.39 is 11.2 Å². The Balaban J connectivity index is 2.47. The summed E-state index contributed by atoms with van der Waals surface area (Å²) in [6.45, 7) is 6.12. The van der Waals surface area contributed by atoms with E-state index in [9.17, 15) is 9.59 Å². The van der Waals surface area contributed by atoms with Gasteiger partial charge in [0, 0.05) is 6.54 Å². The Labute approximate surface area is 136 Å². The Hall–Kier alpha value is -2.36. The zero-order valence-electron chi connectivity index (χ0n) is 13.2. The molecule has 9 nitrogen and oxygen atoms in total. The Morgan fingerprint density at radius 1 is 1.26 bits per heavy atom. The van der Waals surface area contributed by atoms with Gasteiger partial charge in [-0.1, -0.05) is 24.7 Å². The van der Waals surface area contributed by atoms with Gasteiger partial charge in [-0.2, -0.15) is 0 Å². The quantitative estimate of drug-likeness (QED) is 0.778. The molecule has 0 aromatic carbocycles. The van der Waals surface area contributed by atoms with Crippen LogP contribution in [0.15, 0.2) is 19.8 Å². The van der Waals surface area contributed by atoms with Gasteiger partial charge in [0.05, 0.1) is 6.61 Å². The molecule has 0 aliphatic heterocycles.